The van der Waals surface area contributed by atoms with Gasteiger partial charge >= 0.3 is 0 Å². The molecule has 2 rings (SSSR count). The van der Waals surface area contributed by atoms with Crippen LogP contribution in [-0.4, -0.2) is 37.6 Å². The van der Waals surface area contributed by atoms with Crippen molar-refractivity contribution >= 4 is 24.2 Å². The van der Waals surface area contributed by atoms with Gasteiger partial charge in [0.15, 0.2) is 6.61 Å². The molecular weight excluding hydrogens is 318 g/mol. The number of amides is 2. The van der Waals surface area contributed by atoms with Crippen molar-refractivity contribution in [3.05, 3.63) is 29.8 Å². The average molecular weight is 342 g/mol. The number of hydrogen-bond donors (Lipinski definition) is 3. The van der Waals surface area contributed by atoms with Crippen LogP contribution in [0.25, 0.3) is 0 Å². The van der Waals surface area contributed by atoms with Gasteiger partial charge in [-0.25, -0.2) is 0 Å². The molecule has 0 unspecified atom stereocenters. The molecule has 23 heavy (non-hydrogen) atoms. The van der Waals surface area contributed by atoms with Gasteiger partial charge in [-0.05, 0) is 37.0 Å². The van der Waals surface area contributed by atoms with E-state index in [0.29, 0.717) is 31.3 Å². The Morgan fingerprint density at radius 2 is 1.87 bits per heavy atom. The van der Waals surface area contributed by atoms with E-state index in [4.69, 9.17) is 10.5 Å². The van der Waals surface area contributed by atoms with Crippen molar-refractivity contribution in [2.75, 3.05) is 19.7 Å². The highest BCUT2D eigenvalue weighted by atomic mass is 35.5. The Morgan fingerprint density at radius 3 is 2.48 bits per heavy atom. The van der Waals surface area contributed by atoms with Gasteiger partial charge in [-0.1, -0.05) is 12.1 Å². The standard InChI is InChI=1S/C16H23N3O3.ClH/c17-9-7-15(20)18-10-8-12-1-5-14(6-2-12)22-11-16(21)19-13-3-4-13;/h1-2,5-6,13H,3-4,7-11,17H2,(H,18,20)(H,19,21);1H. The lowest BCUT2D eigenvalue weighted by atomic mass is 10.1. The molecule has 6 nitrogen and oxygen atoms in total. The van der Waals surface area contributed by atoms with Gasteiger partial charge in [0, 0.05) is 25.6 Å². The van der Waals surface area contributed by atoms with Gasteiger partial charge in [0.1, 0.15) is 5.75 Å². The first kappa shape index (κ1) is 19.3. The highest BCUT2D eigenvalue weighted by Gasteiger charge is 2.23. The summed E-state index contributed by atoms with van der Waals surface area (Å²) in [6.45, 7) is 1.00. The number of carbonyl (C=O) groups is 2. The number of carbonyl (C=O) groups excluding carboxylic acids is 2. The average Bonchev–Trinajstić information content (AvgIpc) is 3.31. The molecule has 1 aliphatic carbocycles. The molecule has 7 heteroatoms. The maximum atomic E-state index is 11.5. The van der Waals surface area contributed by atoms with Gasteiger partial charge in [-0.3, -0.25) is 9.59 Å². The number of rotatable bonds is 9. The molecule has 0 bridgehead atoms. The molecule has 0 spiro atoms. The molecule has 2 amide bonds. The third-order valence-corrected chi connectivity index (χ3v) is 3.34. The summed E-state index contributed by atoms with van der Waals surface area (Å²) < 4.78 is 5.43. The third kappa shape index (κ3) is 7.85. The fourth-order valence-electron chi connectivity index (χ4n) is 1.96. The number of hydrogen-bond acceptors (Lipinski definition) is 4. The smallest absolute Gasteiger partial charge is 0.258 e. The lowest BCUT2D eigenvalue weighted by molar-refractivity contribution is -0.123. The molecule has 0 saturated heterocycles. The van der Waals surface area contributed by atoms with E-state index in [9.17, 15) is 9.59 Å². The second-order valence-corrected chi connectivity index (χ2v) is 5.41. The fraction of sp³-hybridized carbons (Fsp3) is 0.500. The van der Waals surface area contributed by atoms with Crippen LogP contribution in [0, 0.1) is 0 Å². The quantitative estimate of drug-likeness (QED) is 0.618. The molecule has 4 N–H and O–H groups in total. The van der Waals surface area contributed by atoms with E-state index >= 15 is 0 Å². The zero-order valence-electron chi connectivity index (χ0n) is 13.0. The summed E-state index contributed by atoms with van der Waals surface area (Å²) in [5.74, 6) is 0.570. The topological polar surface area (TPSA) is 93.5 Å². The van der Waals surface area contributed by atoms with Crippen LogP contribution in [0.1, 0.15) is 24.8 Å². The minimum atomic E-state index is -0.0748. The Bertz CT molecular complexity index is 504. The van der Waals surface area contributed by atoms with Crippen molar-refractivity contribution in [2.24, 2.45) is 5.73 Å². The summed E-state index contributed by atoms with van der Waals surface area (Å²) in [5, 5.41) is 5.68. The summed E-state index contributed by atoms with van der Waals surface area (Å²) in [5.41, 5.74) is 6.41. The third-order valence-electron chi connectivity index (χ3n) is 3.34. The first-order valence-corrected chi connectivity index (χ1v) is 7.65. The van der Waals surface area contributed by atoms with Crippen LogP contribution >= 0.6 is 12.4 Å². The number of ether oxygens (including phenoxy) is 1. The normalized spacial score (nSPS) is 12.9. The van der Waals surface area contributed by atoms with Gasteiger partial charge in [-0.15, -0.1) is 12.4 Å². The van der Waals surface area contributed by atoms with Crippen molar-refractivity contribution in [3.63, 3.8) is 0 Å². The Hall–Kier alpha value is -1.79. The molecule has 1 saturated carbocycles. The van der Waals surface area contributed by atoms with Crippen LogP contribution < -0.4 is 21.1 Å². The predicted molar refractivity (Wildman–Crippen MR) is 90.7 cm³/mol. The summed E-state index contributed by atoms with van der Waals surface area (Å²) in [6.07, 6.45) is 3.25. The molecule has 0 heterocycles. The van der Waals surface area contributed by atoms with Crippen LogP contribution in [0.5, 0.6) is 5.75 Å². The van der Waals surface area contributed by atoms with Gasteiger partial charge in [-0.2, -0.15) is 0 Å². The van der Waals surface area contributed by atoms with Gasteiger partial charge in [0.05, 0.1) is 0 Å². The van der Waals surface area contributed by atoms with Crippen molar-refractivity contribution in [1.29, 1.82) is 0 Å². The van der Waals surface area contributed by atoms with Crippen molar-refractivity contribution < 1.29 is 14.3 Å². The zero-order valence-corrected chi connectivity index (χ0v) is 13.9. The molecule has 1 aromatic carbocycles. The Labute approximate surface area is 142 Å². The van der Waals surface area contributed by atoms with E-state index in [0.717, 1.165) is 24.8 Å². The maximum Gasteiger partial charge on any atom is 0.258 e. The van der Waals surface area contributed by atoms with Crippen LogP contribution in [0.3, 0.4) is 0 Å². The summed E-state index contributed by atoms with van der Waals surface area (Å²) >= 11 is 0. The van der Waals surface area contributed by atoms with E-state index in [1.807, 2.05) is 24.3 Å². The van der Waals surface area contributed by atoms with Crippen molar-refractivity contribution in [3.8, 4) is 5.75 Å². The molecule has 0 radical (unpaired) electrons. The van der Waals surface area contributed by atoms with Crippen LogP contribution in [-0.2, 0) is 16.0 Å². The Kier molecular flexibility index (Phi) is 8.43. The highest BCUT2D eigenvalue weighted by molar-refractivity contribution is 5.85. The molecule has 1 fully saturated rings. The van der Waals surface area contributed by atoms with E-state index in [1.165, 1.54) is 0 Å². The molecule has 1 aliphatic rings. The van der Waals surface area contributed by atoms with E-state index in [1.54, 1.807) is 0 Å². The summed E-state index contributed by atoms with van der Waals surface area (Å²) in [6, 6.07) is 7.89. The fourth-order valence-corrected chi connectivity index (χ4v) is 1.96. The Balaban J connectivity index is 0.00000264. The van der Waals surface area contributed by atoms with Crippen LogP contribution in [0.2, 0.25) is 0 Å². The first-order valence-electron chi connectivity index (χ1n) is 7.65. The van der Waals surface area contributed by atoms with E-state index in [2.05, 4.69) is 10.6 Å². The molecular formula is C16H24ClN3O3. The predicted octanol–water partition coefficient (Wildman–Crippen LogP) is 0.773. The number of nitrogens with two attached hydrogens (primary N) is 1. The number of halogens is 1. The second-order valence-electron chi connectivity index (χ2n) is 5.41. The highest BCUT2D eigenvalue weighted by Crippen LogP contribution is 2.18. The molecule has 128 valence electrons. The van der Waals surface area contributed by atoms with Gasteiger partial charge in [0.25, 0.3) is 5.91 Å². The molecule has 1 aromatic rings. The maximum absolute atomic E-state index is 11.5. The lowest BCUT2D eigenvalue weighted by Crippen LogP contribution is -2.30. The van der Waals surface area contributed by atoms with Crippen molar-refractivity contribution in [2.45, 2.75) is 31.7 Å². The number of benzene rings is 1. The summed E-state index contributed by atoms with van der Waals surface area (Å²) in [4.78, 5) is 22.8. The van der Waals surface area contributed by atoms with E-state index in [-0.39, 0.29) is 30.8 Å². The van der Waals surface area contributed by atoms with Gasteiger partial charge in [0.2, 0.25) is 5.91 Å². The number of nitrogens with one attached hydrogen (secondary N) is 2. The monoisotopic (exact) mass is 341 g/mol. The Morgan fingerprint density at radius 1 is 1.17 bits per heavy atom. The van der Waals surface area contributed by atoms with E-state index < -0.39 is 0 Å². The minimum Gasteiger partial charge on any atom is -0.484 e. The second kappa shape index (κ2) is 10.1. The largest absolute Gasteiger partial charge is 0.484 e. The van der Waals surface area contributed by atoms with Gasteiger partial charge < -0.3 is 21.1 Å². The molecule has 0 atom stereocenters. The van der Waals surface area contributed by atoms with Crippen molar-refractivity contribution in [1.82, 2.24) is 10.6 Å². The minimum absolute atomic E-state index is 0. The van der Waals surface area contributed by atoms with Crippen LogP contribution in [0.4, 0.5) is 0 Å². The lowest BCUT2D eigenvalue weighted by Gasteiger charge is -2.08. The first-order chi connectivity index (χ1) is 10.7. The zero-order chi connectivity index (χ0) is 15.8. The SMILES string of the molecule is Cl.NCCC(=O)NCCc1ccc(OCC(=O)NC2CC2)cc1. The van der Waals surface area contributed by atoms with Crippen LogP contribution in [0.15, 0.2) is 24.3 Å². The molecule has 0 aliphatic heterocycles. The molecule has 0 aromatic heterocycles. The summed E-state index contributed by atoms with van der Waals surface area (Å²) in [7, 11) is 0.